The SMILES string of the molecule is C=C(C1=CCC[C@@H]2C[C@@H](O[Si](C)(C)C(C)(C)C)CC[C@]12C)C(C)O. The minimum Gasteiger partial charge on any atom is -0.414 e. The summed E-state index contributed by atoms with van der Waals surface area (Å²) >= 11 is 0. The Morgan fingerprint density at radius 2 is 2.00 bits per heavy atom. The fourth-order valence-electron chi connectivity index (χ4n) is 4.24. The molecule has 0 radical (unpaired) electrons. The van der Waals surface area contributed by atoms with Crippen LogP contribution in [0.4, 0.5) is 0 Å². The first-order chi connectivity index (χ1) is 10.9. The molecular weight excluding hydrogens is 312 g/mol. The third-order valence-electron chi connectivity index (χ3n) is 7.03. The Hall–Kier alpha value is -0.383. The van der Waals surface area contributed by atoms with Crippen molar-refractivity contribution in [3.63, 3.8) is 0 Å². The van der Waals surface area contributed by atoms with Crippen LogP contribution in [0.3, 0.4) is 0 Å². The molecule has 138 valence electrons. The van der Waals surface area contributed by atoms with Gasteiger partial charge in [0.1, 0.15) is 0 Å². The van der Waals surface area contributed by atoms with Gasteiger partial charge in [-0.1, -0.05) is 40.3 Å². The van der Waals surface area contributed by atoms with Gasteiger partial charge in [-0.05, 0) is 79.6 Å². The van der Waals surface area contributed by atoms with Gasteiger partial charge < -0.3 is 9.53 Å². The highest BCUT2D eigenvalue weighted by molar-refractivity contribution is 6.74. The van der Waals surface area contributed by atoms with Crippen LogP contribution in [-0.4, -0.2) is 25.6 Å². The van der Waals surface area contributed by atoms with Crippen LogP contribution in [0, 0.1) is 11.3 Å². The fourth-order valence-corrected chi connectivity index (χ4v) is 5.64. The third-order valence-corrected chi connectivity index (χ3v) is 11.6. The monoisotopic (exact) mass is 350 g/mol. The summed E-state index contributed by atoms with van der Waals surface area (Å²) in [7, 11) is -1.70. The van der Waals surface area contributed by atoms with Crippen molar-refractivity contribution in [2.75, 3.05) is 0 Å². The summed E-state index contributed by atoms with van der Waals surface area (Å²) in [5.41, 5.74) is 2.41. The molecule has 0 bridgehead atoms. The summed E-state index contributed by atoms with van der Waals surface area (Å²) in [5.74, 6) is 0.650. The topological polar surface area (TPSA) is 29.5 Å². The molecule has 0 heterocycles. The molecular formula is C21H38O2Si. The van der Waals surface area contributed by atoms with E-state index in [1.807, 2.05) is 6.92 Å². The van der Waals surface area contributed by atoms with Gasteiger partial charge in [0.25, 0.3) is 0 Å². The average Bonchev–Trinajstić information content (AvgIpc) is 2.44. The van der Waals surface area contributed by atoms with E-state index in [4.69, 9.17) is 4.43 Å². The summed E-state index contributed by atoms with van der Waals surface area (Å²) < 4.78 is 6.73. The molecule has 0 saturated heterocycles. The molecule has 3 heteroatoms. The second-order valence-electron chi connectivity index (χ2n) is 9.79. The Bertz CT molecular complexity index is 512. The molecule has 0 aromatic rings. The van der Waals surface area contributed by atoms with E-state index in [-0.39, 0.29) is 10.5 Å². The van der Waals surface area contributed by atoms with Crippen LogP contribution in [0.1, 0.15) is 66.7 Å². The molecule has 1 N–H and O–H groups in total. The van der Waals surface area contributed by atoms with Crippen molar-refractivity contribution in [3.8, 4) is 0 Å². The van der Waals surface area contributed by atoms with Gasteiger partial charge in [-0.2, -0.15) is 0 Å². The summed E-state index contributed by atoms with van der Waals surface area (Å²) in [6.45, 7) is 20.1. The van der Waals surface area contributed by atoms with Crippen molar-refractivity contribution in [2.24, 2.45) is 11.3 Å². The molecule has 1 saturated carbocycles. The van der Waals surface area contributed by atoms with Gasteiger partial charge in [0.15, 0.2) is 8.32 Å². The van der Waals surface area contributed by atoms with Crippen LogP contribution in [0.25, 0.3) is 0 Å². The minimum absolute atomic E-state index is 0.166. The van der Waals surface area contributed by atoms with E-state index in [0.717, 1.165) is 31.3 Å². The largest absolute Gasteiger partial charge is 0.414 e. The van der Waals surface area contributed by atoms with Gasteiger partial charge in [0, 0.05) is 6.10 Å². The van der Waals surface area contributed by atoms with Crippen molar-refractivity contribution < 1.29 is 9.53 Å². The zero-order chi connectivity index (χ0) is 18.3. The summed E-state index contributed by atoms with van der Waals surface area (Å²) in [6, 6.07) is 0. The summed E-state index contributed by atoms with van der Waals surface area (Å²) in [6.07, 6.45) is 8.07. The molecule has 24 heavy (non-hydrogen) atoms. The quantitative estimate of drug-likeness (QED) is 0.645. The molecule has 2 rings (SSSR count). The Kier molecular flexibility index (Phi) is 5.59. The second kappa shape index (κ2) is 6.73. The molecule has 4 atom stereocenters. The molecule has 0 aromatic carbocycles. The van der Waals surface area contributed by atoms with Crippen LogP contribution in [0.2, 0.25) is 18.1 Å². The van der Waals surface area contributed by atoms with Crippen molar-refractivity contribution in [3.05, 3.63) is 23.8 Å². The van der Waals surface area contributed by atoms with E-state index in [9.17, 15) is 5.11 Å². The fraction of sp³-hybridized carbons (Fsp3) is 0.810. The normalized spacial score (nSPS) is 32.8. The standard InChI is InChI=1S/C21H38O2Si/c1-15(16(2)22)19-11-9-10-17-14-18(12-13-21(17,19)6)23-24(7,8)20(3,4)5/h11,16-18,22H,1,9-10,12-14H2,2-8H3/t16?,17-,18+,21+/m1/s1. The molecule has 2 aliphatic carbocycles. The minimum atomic E-state index is -1.70. The first kappa shape index (κ1) is 19.9. The highest BCUT2D eigenvalue weighted by Crippen LogP contribution is 2.54. The van der Waals surface area contributed by atoms with Crippen LogP contribution in [0.15, 0.2) is 23.8 Å². The lowest BCUT2D eigenvalue weighted by Crippen LogP contribution is -2.48. The molecule has 0 aliphatic heterocycles. The zero-order valence-electron chi connectivity index (χ0n) is 16.9. The van der Waals surface area contributed by atoms with Gasteiger partial charge in [0.05, 0.1) is 6.10 Å². The van der Waals surface area contributed by atoms with E-state index >= 15 is 0 Å². The van der Waals surface area contributed by atoms with Crippen LogP contribution in [-0.2, 0) is 4.43 Å². The van der Waals surface area contributed by atoms with Gasteiger partial charge in [-0.3, -0.25) is 0 Å². The number of hydrogen-bond donors (Lipinski definition) is 1. The summed E-state index contributed by atoms with van der Waals surface area (Å²) in [5, 5.41) is 10.3. The maximum Gasteiger partial charge on any atom is 0.192 e. The number of hydrogen-bond acceptors (Lipinski definition) is 2. The molecule has 2 nitrogen and oxygen atoms in total. The lowest BCUT2D eigenvalue weighted by atomic mass is 9.57. The Morgan fingerprint density at radius 1 is 1.38 bits per heavy atom. The zero-order valence-corrected chi connectivity index (χ0v) is 17.9. The number of fused-ring (bicyclic) bond motifs is 1. The summed E-state index contributed by atoms with van der Waals surface area (Å²) in [4.78, 5) is 0. The van der Waals surface area contributed by atoms with E-state index in [1.54, 1.807) is 0 Å². The van der Waals surface area contributed by atoms with Crippen molar-refractivity contribution in [1.29, 1.82) is 0 Å². The van der Waals surface area contributed by atoms with Crippen LogP contribution in [0.5, 0.6) is 0 Å². The highest BCUT2D eigenvalue weighted by Gasteiger charge is 2.47. The first-order valence-corrected chi connectivity index (χ1v) is 12.5. The Balaban J connectivity index is 2.13. The first-order valence-electron chi connectivity index (χ1n) is 9.64. The van der Waals surface area contributed by atoms with E-state index < -0.39 is 14.4 Å². The van der Waals surface area contributed by atoms with Gasteiger partial charge in [0.2, 0.25) is 0 Å². The van der Waals surface area contributed by atoms with Gasteiger partial charge in [-0.15, -0.1) is 0 Å². The molecule has 1 unspecified atom stereocenters. The van der Waals surface area contributed by atoms with E-state index in [0.29, 0.717) is 12.0 Å². The highest BCUT2D eigenvalue weighted by atomic mass is 28.4. The Morgan fingerprint density at radius 3 is 2.54 bits per heavy atom. The van der Waals surface area contributed by atoms with Crippen molar-refractivity contribution in [2.45, 2.75) is 97.1 Å². The second-order valence-corrected chi connectivity index (χ2v) is 14.5. The number of rotatable bonds is 4. The number of allylic oxidation sites excluding steroid dienone is 1. The lowest BCUT2D eigenvalue weighted by Gasteiger charge is -2.51. The lowest BCUT2D eigenvalue weighted by molar-refractivity contribution is 0.0360. The number of aliphatic hydroxyl groups excluding tert-OH is 1. The van der Waals surface area contributed by atoms with E-state index in [1.165, 1.54) is 12.0 Å². The third kappa shape index (κ3) is 3.73. The van der Waals surface area contributed by atoms with Crippen LogP contribution < -0.4 is 0 Å². The maximum atomic E-state index is 10.0. The van der Waals surface area contributed by atoms with Gasteiger partial charge in [-0.25, -0.2) is 0 Å². The van der Waals surface area contributed by atoms with Crippen molar-refractivity contribution >= 4 is 8.32 Å². The predicted molar refractivity (Wildman–Crippen MR) is 106 cm³/mol. The smallest absolute Gasteiger partial charge is 0.192 e. The number of aliphatic hydroxyl groups is 1. The maximum absolute atomic E-state index is 10.0. The van der Waals surface area contributed by atoms with Crippen molar-refractivity contribution in [1.82, 2.24) is 0 Å². The molecule has 2 aliphatic rings. The molecule has 0 aromatic heterocycles. The molecule has 1 fully saturated rings. The van der Waals surface area contributed by atoms with E-state index in [2.05, 4.69) is 53.4 Å². The predicted octanol–water partition coefficient (Wildman–Crippen LogP) is 5.84. The Labute approximate surface area is 150 Å². The van der Waals surface area contributed by atoms with Gasteiger partial charge >= 0.3 is 0 Å². The average molecular weight is 351 g/mol. The molecule has 0 spiro atoms. The molecule has 0 amide bonds. The van der Waals surface area contributed by atoms with Crippen LogP contribution >= 0.6 is 0 Å².